The summed E-state index contributed by atoms with van der Waals surface area (Å²) < 4.78 is 16.7. The van der Waals surface area contributed by atoms with Crippen LogP contribution in [0.2, 0.25) is 0 Å². The van der Waals surface area contributed by atoms with Gasteiger partial charge in [0.25, 0.3) is 0 Å². The molecule has 5 atom stereocenters. The van der Waals surface area contributed by atoms with Gasteiger partial charge in [-0.3, -0.25) is 4.79 Å². The Hall–Kier alpha value is -3.11. The molecule has 3 aromatic rings. The number of ether oxygens (including phenoxy) is 2. The van der Waals surface area contributed by atoms with Crippen LogP contribution in [0.5, 0.6) is 17.2 Å². The normalized spacial score (nSPS) is 26.6. The Balaban J connectivity index is 1.72. The zero-order chi connectivity index (χ0) is 21.6. The van der Waals surface area contributed by atoms with Crippen LogP contribution in [0, 0.1) is 0 Å². The van der Waals surface area contributed by atoms with E-state index in [-0.39, 0.29) is 28.2 Å². The van der Waals surface area contributed by atoms with E-state index in [1.165, 1.54) is 31.2 Å². The van der Waals surface area contributed by atoms with E-state index in [0.717, 1.165) is 6.07 Å². The number of rotatable bonds is 3. The highest BCUT2D eigenvalue weighted by molar-refractivity contribution is 5.86. The first kappa shape index (κ1) is 20.2. The van der Waals surface area contributed by atoms with Crippen molar-refractivity contribution in [3.05, 3.63) is 52.7 Å². The summed E-state index contributed by atoms with van der Waals surface area (Å²) in [5, 5.41) is 49.5. The van der Waals surface area contributed by atoms with Gasteiger partial charge in [-0.2, -0.15) is 0 Å². The van der Waals surface area contributed by atoms with Crippen molar-refractivity contribution in [1.29, 1.82) is 0 Å². The SMILES string of the molecule is C[C@@H]1O[C@@H](Oc2cc(O)c3c(=O)cc(-c4ccc(O)cc4)oc3c2)[C@H](O)[C@@H](O)[C@H]1O. The minimum absolute atomic E-state index is 0.0193. The summed E-state index contributed by atoms with van der Waals surface area (Å²) >= 11 is 0. The first-order valence-corrected chi connectivity index (χ1v) is 9.21. The third kappa shape index (κ3) is 3.59. The van der Waals surface area contributed by atoms with Crippen LogP contribution in [-0.2, 0) is 4.74 Å². The number of aliphatic hydroxyl groups is 3. The summed E-state index contributed by atoms with van der Waals surface area (Å²) in [5.74, 6) is -0.105. The lowest BCUT2D eigenvalue weighted by Gasteiger charge is -2.38. The van der Waals surface area contributed by atoms with Gasteiger partial charge in [0.2, 0.25) is 6.29 Å². The fourth-order valence-corrected chi connectivity index (χ4v) is 3.32. The van der Waals surface area contributed by atoms with E-state index in [1.54, 1.807) is 12.1 Å². The minimum atomic E-state index is -1.54. The zero-order valence-corrected chi connectivity index (χ0v) is 15.8. The summed E-state index contributed by atoms with van der Waals surface area (Å²) in [5.41, 5.74) is 0.0820. The van der Waals surface area contributed by atoms with E-state index in [1.807, 2.05) is 0 Å². The highest BCUT2D eigenvalue weighted by atomic mass is 16.7. The van der Waals surface area contributed by atoms with E-state index >= 15 is 0 Å². The van der Waals surface area contributed by atoms with Crippen LogP contribution < -0.4 is 10.2 Å². The van der Waals surface area contributed by atoms with Crippen LogP contribution in [0.4, 0.5) is 0 Å². The van der Waals surface area contributed by atoms with Crippen LogP contribution in [0.25, 0.3) is 22.3 Å². The second-order valence-electron chi connectivity index (χ2n) is 7.14. The van der Waals surface area contributed by atoms with Gasteiger partial charge in [-0.1, -0.05) is 0 Å². The third-order valence-electron chi connectivity index (χ3n) is 5.00. The molecule has 0 spiro atoms. The van der Waals surface area contributed by atoms with E-state index in [9.17, 15) is 30.3 Å². The highest BCUT2D eigenvalue weighted by Gasteiger charge is 2.43. The maximum absolute atomic E-state index is 12.5. The average molecular weight is 416 g/mol. The Bertz CT molecular complexity index is 1120. The Kier molecular flexibility index (Phi) is 5.12. The summed E-state index contributed by atoms with van der Waals surface area (Å²) in [6, 6.07) is 9.76. The molecule has 1 aliphatic rings. The second-order valence-corrected chi connectivity index (χ2v) is 7.14. The molecular formula is C21H20O9. The molecule has 2 heterocycles. The van der Waals surface area contributed by atoms with E-state index < -0.39 is 41.9 Å². The molecule has 9 heteroatoms. The maximum atomic E-state index is 12.5. The molecule has 0 aliphatic carbocycles. The number of phenolic OH excluding ortho intramolecular Hbond substituents is 2. The molecule has 158 valence electrons. The summed E-state index contributed by atoms with van der Waals surface area (Å²) in [6.45, 7) is 1.51. The zero-order valence-electron chi connectivity index (χ0n) is 15.8. The first-order valence-electron chi connectivity index (χ1n) is 9.21. The van der Waals surface area contributed by atoms with Gasteiger partial charge in [-0.05, 0) is 31.2 Å². The summed E-state index contributed by atoms with van der Waals surface area (Å²) in [4.78, 5) is 12.5. The number of aliphatic hydroxyl groups excluding tert-OH is 3. The molecule has 1 aliphatic heterocycles. The van der Waals surface area contributed by atoms with Crippen molar-refractivity contribution >= 4 is 11.0 Å². The molecule has 1 aromatic heterocycles. The van der Waals surface area contributed by atoms with Crippen molar-refractivity contribution in [3.63, 3.8) is 0 Å². The predicted octanol–water partition coefficient (Wildman–Crippen LogP) is 1.08. The standard InChI is InChI=1S/C21H20O9/c1-9-18(25)19(26)20(27)21(28-9)29-12-6-13(23)17-14(24)8-15(30-16(17)7-12)10-2-4-11(22)5-3-10/h2-9,18-23,25-27H,1H3/t9-,18-,19-,20+,21-/m0/s1. The van der Waals surface area contributed by atoms with Crippen molar-refractivity contribution in [3.8, 4) is 28.6 Å². The molecule has 0 amide bonds. The van der Waals surface area contributed by atoms with Crippen molar-refractivity contribution < 1.29 is 39.4 Å². The number of hydrogen-bond acceptors (Lipinski definition) is 9. The van der Waals surface area contributed by atoms with Crippen LogP contribution in [0.3, 0.4) is 0 Å². The van der Waals surface area contributed by atoms with Crippen LogP contribution in [-0.4, -0.2) is 56.2 Å². The van der Waals surface area contributed by atoms with Gasteiger partial charge in [0.1, 0.15) is 52.3 Å². The van der Waals surface area contributed by atoms with Crippen LogP contribution in [0.15, 0.2) is 51.7 Å². The Labute approximate surface area is 170 Å². The number of benzene rings is 2. The number of aromatic hydroxyl groups is 2. The Morgan fingerprint density at radius 3 is 2.33 bits per heavy atom. The molecule has 1 fully saturated rings. The topological polar surface area (TPSA) is 150 Å². The molecule has 30 heavy (non-hydrogen) atoms. The largest absolute Gasteiger partial charge is 0.508 e. The molecule has 0 unspecified atom stereocenters. The molecule has 9 nitrogen and oxygen atoms in total. The smallest absolute Gasteiger partial charge is 0.229 e. The van der Waals surface area contributed by atoms with Crippen molar-refractivity contribution in [2.75, 3.05) is 0 Å². The second kappa shape index (κ2) is 7.62. The van der Waals surface area contributed by atoms with Crippen LogP contribution >= 0.6 is 0 Å². The fraction of sp³-hybridized carbons (Fsp3) is 0.286. The maximum Gasteiger partial charge on any atom is 0.229 e. The Morgan fingerprint density at radius 2 is 1.63 bits per heavy atom. The molecule has 4 rings (SSSR count). The van der Waals surface area contributed by atoms with Gasteiger partial charge in [0.05, 0.1) is 6.10 Å². The summed E-state index contributed by atoms with van der Waals surface area (Å²) in [7, 11) is 0. The molecule has 0 saturated carbocycles. The lowest BCUT2D eigenvalue weighted by molar-refractivity contribution is -0.268. The monoisotopic (exact) mass is 416 g/mol. The van der Waals surface area contributed by atoms with Gasteiger partial charge >= 0.3 is 0 Å². The Morgan fingerprint density at radius 1 is 0.933 bits per heavy atom. The van der Waals surface area contributed by atoms with Gasteiger partial charge in [0, 0.05) is 23.8 Å². The first-order chi connectivity index (χ1) is 14.2. The molecule has 0 radical (unpaired) electrons. The fourth-order valence-electron chi connectivity index (χ4n) is 3.32. The number of fused-ring (bicyclic) bond motifs is 1. The minimum Gasteiger partial charge on any atom is -0.508 e. The van der Waals surface area contributed by atoms with Gasteiger partial charge in [-0.15, -0.1) is 0 Å². The summed E-state index contributed by atoms with van der Waals surface area (Å²) in [6.07, 6.45) is -6.42. The van der Waals surface area contributed by atoms with Crippen molar-refractivity contribution in [1.82, 2.24) is 0 Å². The van der Waals surface area contributed by atoms with E-state index in [0.29, 0.717) is 5.56 Å². The van der Waals surface area contributed by atoms with E-state index in [2.05, 4.69) is 0 Å². The van der Waals surface area contributed by atoms with Gasteiger partial charge in [0.15, 0.2) is 5.43 Å². The molecule has 1 saturated heterocycles. The lowest BCUT2D eigenvalue weighted by atomic mass is 10.00. The van der Waals surface area contributed by atoms with Crippen LogP contribution in [0.1, 0.15) is 6.92 Å². The quantitative estimate of drug-likeness (QED) is 0.423. The molecule has 5 N–H and O–H groups in total. The average Bonchev–Trinajstić information content (AvgIpc) is 2.70. The molecular weight excluding hydrogens is 396 g/mol. The van der Waals surface area contributed by atoms with Crippen molar-refractivity contribution in [2.24, 2.45) is 0 Å². The molecule has 2 aromatic carbocycles. The van der Waals surface area contributed by atoms with Gasteiger partial charge < -0.3 is 39.4 Å². The number of hydrogen-bond donors (Lipinski definition) is 5. The third-order valence-corrected chi connectivity index (χ3v) is 5.00. The predicted molar refractivity (Wildman–Crippen MR) is 104 cm³/mol. The van der Waals surface area contributed by atoms with Crippen molar-refractivity contribution in [2.45, 2.75) is 37.6 Å². The highest BCUT2D eigenvalue weighted by Crippen LogP contribution is 2.33. The number of phenols is 2. The van der Waals surface area contributed by atoms with Gasteiger partial charge in [-0.25, -0.2) is 0 Å². The lowest BCUT2D eigenvalue weighted by Crippen LogP contribution is -2.58. The van der Waals surface area contributed by atoms with E-state index in [4.69, 9.17) is 13.9 Å². The molecule has 0 bridgehead atoms.